The monoisotopic (exact) mass is 491 g/mol. The fourth-order valence-electron chi connectivity index (χ4n) is 7.87. The van der Waals surface area contributed by atoms with Gasteiger partial charge in [0.05, 0.1) is 23.9 Å². The van der Waals surface area contributed by atoms with E-state index in [1.807, 2.05) is 16.9 Å². The van der Waals surface area contributed by atoms with Gasteiger partial charge >= 0.3 is 0 Å². The molecular weight excluding hydrogens is 462 g/mol. The lowest BCUT2D eigenvalue weighted by Crippen LogP contribution is -2.59. The number of hydrogen-bond donors (Lipinski definition) is 2. The molecule has 1 aromatic carbocycles. The molecule has 3 unspecified atom stereocenters. The van der Waals surface area contributed by atoms with Crippen LogP contribution in [0.15, 0.2) is 24.4 Å². The molecule has 4 saturated carbocycles. The van der Waals surface area contributed by atoms with Crippen molar-refractivity contribution in [2.24, 2.45) is 11.8 Å². The Morgan fingerprint density at radius 2 is 1.94 bits per heavy atom. The van der Waals surface area contributed by atoms with Gasteiger partial charge in [0, 0.05) is 24.0 Å². The molecule has 2 aromatic rings. The van der Waals surface area contributed by atoms with Gasteiger partial charge in [0.1, 0.15) is 24.1 Å². The van der Waals surface area contributed by atoms with Gasteiger partial charge < -0.3 is 14.7 Å². The Labute approximate surface area is 208 Å². The van der Waals surface area contributed by atoms with Gasteiger partial charge in [-0.25, -0.2) is 4.68 Å². The van der Waals surface area contributed by atoms with Crippen LogP contribution in [0.2, 0.25) is 0 Å². The van der Waals surface area contributed by atoms with Gasteiger partial charge in [-0.3, -0.25) is 19.7 Å². The second kappa shape index (κ2) is 7.61. The first-order valence-electron chi connectivity index (χ1n) is 12.8. The van der Waals surface area contributed by atoms with Crippen molar-refractivity contribution in [3.05, 3.63) is 41.2 Å². The Balaban J connectivity index is 1.07. The Bertz CT molecular complexity index is 1270. The standard InChI is InChI=1S/C26H29N5O5/c32-22-5-4-20(23(33)27-22)30-12-19-18(24(30)34)2-1-3-21(19)36-13-17-11-31(29-28-17)25-7-15-6-16(8-25)10-26(35,9-15)14-25/h1-3,11,15-16,20,35H,4-10,12-14H2,(H,27,32,33). The molecule has 188 valence electrons. The van der Waals surface area contributed by atoms with Crippen molar-refractivity contribution in [3.8, 4) is 5.75 Å². The van der Waals surface area contributed by atoms with E-state index in [9.17, 15) is 19.5 Å². The van der Waals surface area contributed by atoms with Crippen LogP contribution in [-0.4, -0.2) is 54.4 Å². The molecule has 0 radical (unpaired) electrons. The Kier molecular flexibility index (Phi) is 4.65. The molecular formula is C26H29N5O5. The molecule has 6 aliphatic rings. The number of fused-ring (bicyclic) bond motifs is 1. The summed E-state index contributed by atoms with van der Waals surface area (Å²) in [4.78, 5) is 38.4. The van der Waals surface area contributed by atoms with E-state index in [1.165, 1.54) is 11.3 Å². The minimum atomic E-state index is -0.662. The highest BCUT2D eigenvalue weighted by molar-refractivity contribution is 6.05. The van der Waals surface area contributed by atoms with Crippen LogP contribution in [0.3, 0.4) is 0 Å². The van der Waals surface area contributed by atoms with Crippen LogP contribution in [0.4, 0.5) is 0 Å². The lowest BCUT2D eigenvalue weighted by atomic mass is 9.51. The number of rotatable bonds is 5. The third-order valence-electron chi connectivity index (χ3n) is 8.94. The van der Waals surface area contributed by atoms with Gasteiger partial charge in [-0.15, -0.1) is 5.10 Å². The molecule has 4 aliphatic carbocycles. The number of amides is 3. The minimum absolute atomic E-state index is 0.160. The maximum Gasteiger partial charge on any atom is 0.255 e. The number of nitrogens with one attached hydrogen (secondary N) is 1. The minimum Gasteiger partial charge on any atom is -0.487 e. The van der Waals surface area contributed by atoms with Gasteiger partial charge in [-0.2, -0.15) is 0 Å². The molecule has 3 heterocycles. The number of hydrogen-bond acceptors (Lipinski definition) is 7. The molecule has 5 fully saturated rings. The van der Waals surface area contributed by atoms with Crippen molar-refractivity contribution in [2.45, 2.75) is 81.7 Å². The molecule has 4 bridgehead atoms. The molecule has 1 saturated heterocycles. The van der Waals surface area contributed by atoms with Crippen LogP contribution >= 0.6 is 0 Å². The van der Waals surface area contributed by atoms with E-state index in [0.29, 0.717) is 35.3 Å². The zero-order chi connectivity index (χ0) is 24.7. The SMILES string of the molecule is O=C1CCC(N2Cc3c(OCc4cn(C56CC7CC(CC(O)(C7)C5)C6)nn4)cccc3C2=O)C(=O)N1. The van der Waals surface area contributed by atoms with Crippen molar-refractivity contribution in [1.82, 2.24) is 25.2 Å². The van der Waals surface area contributed by atoms with Gasteiger partial charge in [-0.05, 0) is 62.5 Å². The normalized spacial score (nSPS) is 34.8. The Hall–Kier alpha value is -3.27. The smallest absolute Gasteiger partial charge is 0.255 e. The molecule has 3 atom stereocenters. The number of benzene rings is 1. The van der Waals surface area contributed by atoms with Crippen LogP contribution in [-0.2, 0) is 28.3 Å². The zero-order valence-corrected chi connectivity index (χ0v) is 20.0. The summed E-state index contributed by atoms with van der Waals surface area (Å²) < 4.78 is 8.09. The number of aromatic nitrogens is 3. The van der Waals surface area contributed by atoms with Gasteiger partial charge in [0.2, 0.25) is 11.8 Å². The fraction of sp³-hybridized carbons (Fsp3) is 0.577. The first-order valence-corrected chi connectivity index (χ1v) is 12.8. The molecule has 10 nitrogen and oxygen atoms in total. The van der Waals surface area contributed by atoms with E-state index in [4.69, 9.17) is 4.74 Å². The van der Waals surface area contributed by atoms with Crippen molar-refractivity contribution in [3.63, 3.8) is 0 Å². The fourth-order valence-corrected chi connectivity index (χ4v) is 7.87. The Morgan fingerprint density at radius 3 is 2.69 bits per heavy atom. The van der Waals surface area contributed by atoms with E-state index in [0.717, 1.165) is 37.7 Å². The van der Waals surface area contributed by atoms with E-state index in [1.54, 1.807) is 12.1 Å². The molecule has 8 rings (SSSR count). The van der Waals surface area contributed by atoms with Gasteiger partial charge in [0.25, 0.3) is 5.91 Å². The number of imide groups is 1. The quantitative estimate of drug-likeness (QED) is 0.609. The maximum atomic E-state index is 13.0. The summed E-state index contributed by atoms with van der Waals surface area (Å²) in [7, 11) is 0. The van der Waals surface area contributed by atoms with E-state index < -0.39 is 17.6 Å². The van der Waals surface area contributed by atoms with Crippen molar-refractivity contribution >= 4 is 17.7 Å². The number of carbonyl (C=O) groups is 3. The van der Waals surface area contributed by atoms with E-state index in [-0.39, 0.29) is 36.9 Å². The molecule has 0 spiro atoms. The predicted molar refractivity (Wildman–Crippen MR) is 124 cm³/mol. The van der Waals surface area contributed by atoms with Crippen LogP contribution in [0.5, 0.6) is 5.75 Å². The van der Waals surface area contributed by atoms with Crippen LogP contribution in [0.1, 0.15) is 73.0 Å². The highest BCUT2D eigenvalue weighted by atomic mass is 16.5. The molecule has 2 N–H and O–H groups in total. The van der Waals surface area contributed by atoms with Crippen molar-refractivity contribution in [1.29, 1.82) is 0 Å². The molecule has 3 amide bonds. The highest BCUT2D eigenvalue weighted by Crippen LogP contribution is 2.60. The van der Waals surface area contributed by atoms with Crippen molar-refractivity contribution in [2.75, 3.05) is 0 Å². The van der Waals surface area contributed by atoms with Gasteiger partial charge in [0.15, 0.2) is 0 Å². The summed E-state index contributed by atoms with van der Waals surface area (Å²) in [5.41, 5.74) is 1.22. The predicted octanol–water partition coefficient (Wildman–Crippen LogP) is 1.66. The average molecular weight is 492 g/mol. The molecule has 1 aromatic heterocycles. The van der Waals surface area contributed by atoms with Gasteiger partial charge in [-0.1, -0.05) is 11.3 Å². The number of aliphatic hydroxyl groups is 1. The molecule has 10 heteroatoms. The lowest BCUT2D eigenvalue weighted by molar-refractivity contribution is -0.159. The largest absolute Gasteiger partial charge is 0.487 e. The highest BCUT2D eigenvalue weighted by Gasteiger charge is 2.58. The zero-order valence-electron chi connectivity index (χ0n) is 20.0. The number of carbonyl (C=O) groups excluding carboxylic acids is 3. The first kappa shape index (κ1) is 22.0. The summed E-state index contributed by atoms with van der Waals surface area (Å²) in [5, 5.41) is 22.2. The average Bonchev–Trinajstić information content (AvgIpc) is 3.42. The van der Waals surface area contributed by atoms with E-state index in [2.05, 4.69) is 15.6 Å². The second-order valence-electron chi connectivity index (χ2n) is 11.5. The van der Waals surface area contributed by atoms with Crippen molar-refractivity contribution < 1.29 is 24.2 Å². The summed E-state index contributed by atoms with van der Waals surface area (Å²) in [5.74, 6) is 0.722. The lowest BCUT2D eigenvalue weighted by Gasteiger charge is -2.59. The summed E-state index contributed by atoms with van der Waals surface area (Å²) in [6.07, 6.45) is 8.33. The topological polar surface area (TPSA) is 127 Å². The summed E-state index contributed by atoms with van der Waals surface area (Å²) in [6.45, 7) is 0.462. The molecule has 2 aliphatic heterocycles. The maximum absolute atomic E-state index is 13.0. The summed E-state index contributed by atoms with van der Waals surface area (Å²) >= 11 is 0. The molecule has 36 heavy (non-hydrogen) atoms. The van der Waals surface area contributed by atoms with Crippen LogP contribution < -0.4 is 10.1 Å². The number of piperidine rings is 1. The number of nitrogens with zero attached hydrogens (tertiary/aromatic N) is 4. The summed E-state index contributed by atoms with van der Waals surface area (Å²) in [6, 6.07) is 4.67. The second-order valence-corrected chi connectivity index (χ2v) is 11.5. The van der Waals surface area contributed by atoms with E-state index >= 15 is 0 Å². The van der Waals surface area contributed by atoms with Crippen LogP contribution in [0.25, 0.3) is 0 Å². The van der Waals surface area contributed by atoms with Crippen LogP contribution in [0, 0.1) is 11.8 Å². The first-order chi connectivity index (χ1) is 17.3. The Morgan fingerprint density at radius 1 is 1.14 bits per heavy atom. The third kappa shape index (κ3) is 3.37. The number of ether oxygens (including phenoxy) is 1. The third-order valence-corrected chi connectivity index (χ3v) is 8.94.